The average Bonchev–Trinajstić information content (AvgIpc) is 2.37. The molecule has 0 fully saturated rings. The largest absolute Gasteiger partial charge is 0.387 e. The van der Waals surface area contributed by atoms with E-state index in [4.69, 9.17) is 4.74 Å². The molecule has 2 N–H and O–H groups in total. The number of rotatable bonds is 7. The summed E-state index contributed by atoms with van der Waals surface area (Å²) >= 11 is 0. The van der Waals surface area contributed by atoms with Crippen LogP contribution in [0.25, 0.3) is 0 Å². The molecule has 18 heavy (non-hydrogen) atoms. The zero-order chi connectivity index (χ0) is 13.5. The van der Waals surface area contributed by atoms with E-state index in [0.29, 0.717) is 6.61 Å². The average molecular weight is 259 g/mol. The van der Waals surface area contributed by atoms with Gasteiger partial charge in [-0.1, -0.05) is 6.92 Å². The topological polar surface area (TPSA) is 41.5 Å². The van der Waals surface area contributed by atoms with Crippen LogP contribution in [0, 0.1) is 11.6 Å². The molecule has 0 saturated carbocycles. The van der Waals surface area contributed by atoms with Crippen molar-refractivity contribution >= 4 is 0 Å². The van der Waals surface area contributed by atoms with E-state index < -0.39 is 17.7 Å². The molecular formula is C13H19F2NO2. The number of benzene rings is 1. The molecule has 0 aliphatic carbocycles. The van der Waals surface area contributed by atoms with Crippen molar-refractivity contribution in [1.82, 2.24) is 5.32 Å². The Morgan fingerprint density at radius 1 is 1.39 bits per heavy atom. The van der Waals surface area contributed by atoms with Crippen LogP contribution in [0.2, 0.25) is 0 Å². The number of aliphatic hydroxyl groups is 1. The van der Waals surface area contributed by atoms with Crippen molar-refractivity contribution in [3.63, 3.8) is 0 Å². The molecule has 1 aromatic rings. The molecule has 0 amide bonds. The van der Waals surface area contributed by atoms with Crippen LogP contribution < -0.4 is 5.32 Å². The Hall–Kier alpha value is -1.04. The number of hydrogen-bond acceptors (Lipinski definition) is 3. The number of halogens is 2. The Balaban J connectivity index is 2.59. The van der Waals surface area contributed by atoms with Gasteiger partial charge in [-0.15, -0.1) is 0 Å². The minimum absolute atomic E-state index is 0.0326. The van der Waals surface area contributed by atoms with Gasteiger partial charge in [0.15, 0.2) is 0 Å². The van der Waals surface area contributed by atoms with E-state index in [1.54, 1.807) is 7.11 Å². The minimum atomic E-state index is -1.08. The molecule has 0 spiro atoms. The first-order chi connectivity index (χ1) is 8.58. The van der Waals surface area contributed by atoms with Gasteiger partial charge in [-0.05, 0) is 24.6 Å². The second-order valence-corrected chi connectivity index (χ2v) is 4.15. The molecule has 5 heteroatoms. The zero-order valence-electron chi connectivity index (χ0n) is 10.6. The van der Waals surface area contributed by atoms with E-state index >= 15 is 0 Å². The van der Waals surface area contributed by atoms with Gasteiger partial charge in [-0.2, -0.15) is 0 Å². The highest BCUT2D eigenvalue weighted by Gasteiger charge is 2.15. The first kappa shape index (κ1) is 15.0. The summed E-state index contributed by atoms with van der Waals surface area (Å²) < 4.78 is 31.4. The molecule has 0 aliphatic rings. The summed E-state index contributed by atoms with van der Waals surface area (Å²) in [6.45, 7) is 2.64. The van der Waals surface area contributed by atoms with Crippen LogP contribution >= 0.6 is 0 Å². The van der Waals surface area contributed by atoms with Crippen LogP contribution in [0.5, 0.6) is 0 Å². The van der Waals surface area contributed by atoms with Gasteiger partial charge in [0, 0.05) is 25.3 Å². The second kappa shape index (κ2) is 7.41. The van der Waals surface area contributed by atoms with Gasteiger partial charge >= 0.3 is 0 Å². The fraction of sp³-hybridized carbons (Fsp3) is 0.538. The fourth-order valence-electron chi connectivity index (χ4n) is 1.68. The molecule has 2 atom stereocenters. The molecule has 0 radical (unpaired) electrons. The Bertz CT molecular complexity index is 374. The number of methoxy groups -OCH3 is 1. The Morgan fingerprint density at radius 3 is 2.72 bits per heavy atom. The van der Waals surface area contributed by atoms with Gasteiger partial charge < -0.3 is 15.2 Å². The third-order valence-corrected chi connectivity index (χ3v) is 2.78. The molecule has 0 heterocycles. The van der Waals surface area contributed by atoms with Crippen LogP contribution in [0.15, 0.2) is 18.2 Å². The van der Waals surface area contributed by atoms with Crippen LogP contribution in [0.4, 0.5) is 8.78 Å². The predicted molar refractivity (Wildman–Crippen MR) is 65.3 cm³/mol. The van der Waals surface area contributed by atoms with E-state index in [0.717, 1.165) is 24.6 Å². The maximum atomic E-state index is 13.4. The fourth-order valence-corrected chi connectivity index (χ4v) is 1.68. The summed E-state index contributed by atoms with van der Waals surface area (Å²) in [5.74, 6) is -1.17. The summed E-state index contributed by atoms with van der Waals surface area (Å²) in [5, 5.41) is 12.9. The van der Waals surface area contributed by atoms with Crippen molar-refractivity contribution in [2.75, 3.05) is 20.3 Å². The Morgan fingerprint density at radius 2 is 2.11 bits per heavy atom. The lowest BCUT2D eigenvalue weighted by atomic mass is 10.1. The van der Waals surface area contributed by atoms with Crippen LogP contribution in [-0.2, 0) is 4.74 Å². The van der Waals surface area contributed by atoms with E-state index in [1.165, 1.54) is 0 Å². The molecule has 102 valence electrons. The predicted octanol–water partition coefficient (Wildman–Crippen LogP) is 2.01. The molecule has 1 rings (SSSR count). The molecular weight excluding hydrogens is 240 g/mol. The molecule has 3 nitrogen and oxygen atoms in total. The van der Waals surface area contributed by atoms with Gasteiger partial charge in [0.25, 0.3) is 0 Å². The van der Waals surface area contributed by atoms with Crippen molar-refractivity contribution in [2.45, 2.75) is 25.5 Å². The van der Waals surface area contributed by atoms with E-state index in [2.05, 4.69) is 5.32 Å². The number of aliphatic hydroxyl groups excluding tert-OH is 1. The lowest BCUT2D eigenvalue weighted by Crippen LogP contribution is -2.35. The van der Waals surface area contributed by atoms with Crippen LogP contribution in [-0.4, -0.2) is 31.4 Å². The maximum Gasteiger partial charge on any atom is 0.129 e. The Kier molecular flexibility index (Phi) is 6.18. The molecule has 2 unspecified atom stereocenters. The summed E-state index contributed by atoms with van der Waals surface area (Å²) in [6, 6.07) is 3.14. The molecule has 0 aliphatic heterocycles. The Labute approximate surface area is 106 Å². The van der Waals surface area contributed by atoms with Gasteiger partial charge in [0.05, 0.1) is 12.7 Å². The van der Waals surface area contributed by atoms with Crippen molar-refractivity contribution in [1.29, 1.82) is 0 Å². The molecule has 0 bridgehead atoms. The first-order valence-corrected chi connectivity index (χ1v) is 5.93. The number of hydrogen-bond donors (Lipinski definition) is 2. The quantitative estimate of drug-likeness (QED) is 0.787. The van der Waals surface area contributed by atoms with Gasteiger partial charge in [-0.25, -0.2) is 8.78 Å². The van der Waals surface area contributed by atoms with E-state index in [9.17, 15) is 13.9 Å². The third kappa shape index (κ3) is 4.33. The van der Waals surface area contributed by atoms with Crippen LogP contribution in [0.3, 0.4) is 0 Å². The third-order valence-electron chi connectivity index (χ3n) is 2.78. The first-order valence-electron chi connectivity index (χ1n) is 5.93. The highest BCUT2D eigenvalue weighted by atomic mass is 19.1. The lowest BCUT2D eigenvalue weighted by Gasteiger charge is -2.19. The van der Waals surface area contributed by atoms with E-state index in [-0.39, 0.29) is 18.2 Å². The molecule has 0 aromatic heterocycles. The molecule has 0 saturated heterocycles. The lowest BCUT2D eigenvalue weighted by molar-refractivity contribution is 0.135. The summed E-state index contributed by atoms with van der Waals surface area (Å²) in [4.78, 5) is 0. The normalized spacial score (nSPS) is 14.5. The molecule has 1 aromatic carbocycles. The zero-order valence-corrected chi connectivity index (χ0v) is 10.6. The number of ether oxygens (including phenoxy) is 1. The SMILES string of the molecule is CCC(COC)NCC(O)c1cc(F)ccc1F. The van der Waals surface area contributed by atoms with Crippen molar-refractivity contribution in [3.8, 4) is 0 Å². The van der Waals surface area contributed by atoms with Crippen molar-refractivity contribution in [2.24, 2.45) is 0 Å². The smallest absolute Gasteiger partial charge is 0.129 e. The highest BCUT2D eigenvalue weighted by molar-refractivity contribution is 5.21. The maximum absolute atomic E-state index is 13.4. The highest BCUT2D eigenvalue weighted by Crippen LogP contribution is 2.17. The second-order valence-electron chi connectivity index (χ2n) is 4.15. The van der Waals surface area contributed by atoms with Crippen molar-refractivity contribution in [3.05, 3.63) is 35.4 Å². The summed E-state index contributed by atoms with van der Waals surface area (Å²) in [6.07, 6.45) is -0.252. The number of nitrogens with one attached hydrogen (secondary N) is 1. The monoisotopic (exact) mass is 259 g/mol. The van der Waals surface area contributed by atoms with Crippen LogP contribution in [0.1, 0.15) is 25.0 Å². The van der Waals surface area contributed by atoms with Gasteiger partial charge in [0.1, 0.15) is 11.6 Å². The van der Waals surface area contributed by atoms with Crippen molar-refractivity contribution < 1.29 is 18.6 Å². The summed E-state index contributed by atoms with van der Waals surface area (Å²) in [7, 11) is 1.59. The van der Waals surface area contributed by atoms with E-state index in [1.807, 2.05) is 6.92 Å². The minimum Gasteiger partial charge on any atom is -0.387 e. The standard InChI is InChI=1S/C13H19F2NO2/c1-3-10(8-18-2)16-7-13(17)11-6-9(14)4-5-12(11)15/h4-6,10,13,16-17H,3,7-8H2,1-2H3. The summed E-state index contributed by atoms with van der Waals surface area (Å²) in [5.41, 5.74) is -0.0326. The van der Waals surface area contributed by atoms with Gasteiger partial charge in [-0.3, -0.25) is 0 Å². The van der Waals surface area contributed by atoms with Gasteiger partial charge in [0.2, 0.25) is 0 Å².